The van der Waals surface area contributed by atoms with Gasteiger partial charge in [0.15, 0.2) is 0 Å². The van der Waals surface area contributed by atoms with Gasteiger partial charge in [-0.05, 0) is 23.8 Å². The molecule has 0 aromatic carbocycles. The Balaban J connectivity index is 2.07. The highest BCUT2D eigenvalue weighted by Gasteiger charge is 2.13. The summed E-state index contributed by atoms with van der Waals surface area (Å²) in [5, 5.41) is 5.46. The predicted molar refractivity (Wildman–Crippen MR) is 80.4 cm³/mol. The molecule has 5 nitrogen and oxygen atoms in total. The van der Waals surface area contributed by atoms with Gasteiger partial charge in [0.2, 0.25) is 0 Å². The maximum absolute atomic E-state index is 5.50. The lowest BCUT2D eigenvalue weighted by molar-refractivity contribution is 0.843. The van der Waals surface area contributed by atoms with Crippen LogP contribution in [-0.2, 0) is 6.42 Å². The monoisotopic (exact) mass is 277 g/mol. The molecule has 2 rings (SSSR count). The highest BCUT2D eigenvalue weighted by molar-refractivity contribution is 7.09. The molecule has 0 amide bonds. The van der Waals surface area contributed by atoms with Gasteiger partial charge in [-0.1, -0.05) is 19.9 Å². The van der Waals surface area contributed by atoms with Crippen molar-refractivity contribution in [2.24, 2.45) is 5.84 Å². The number of nitrogens with one attached hydrogen (secondary N) is 2. The molecule has 0 atom stereocenters. The smallest absolute Gasteiger partial charge is 0.148 e. The third-order valence-electron chi connectivity index (χ3n) is 2.84. The standard InChI is InChI=1S/C13H19N5S/c1-9(2)11-12(16-8-17-13(11)18-14)15-6-5-10-4-3-7-19-10/h3-4,7-9H,5-6,14H2,1-2H3,(H2,15,16,17,18). The second kappa shape index (κ2) is 6.49. The van der Waals surface area contributed by atoms with E-state index in [0.29, 0.717) is 11.7 Å². The molecule has 0 unspecified atom stereocenters. The van der Waals surface area contributed by atoms with Crippen molar-refractivity contribution in [1.82, 2.24) is 9.97 Å². The van der Waals surface area contributed by atoms with Crippen LogP contribution in [0.2, 0.25) is 0 Å². The van der Waals surface area contributed by atoms with Gasteiger partial charge in [0.05, 0.1) is 0 Å². The molecule has 102 valence electrons. The molecule has 0 aliphatic carbocycles. The van der Waals surface area contributed by atoms with E-state index in [1.807, 2.05) is 0 Å². The van der Waals surface area contributed by atoms with Gasteiger partial charge in [0.1, 0.15) is 18.0 Å². The minimum absolute atomic E-state index is 0.302. The summed E-state index contributed by atoms with van der Waals surface area (Å²) in [7, 11) is 0. The van der Waals surface area contributed by atoms with Crippen molar-refractivity contribution >= 4 is 23.0 Å². The highest BCUT2D eigenvalue weighted by Crippen LogP contribution is 2.27. The van der Waals surface area contributed by atoms with Gasteiger partial charge in [-0.3, -0.25) is 0 Å². The Hall–Kier alpha value is -1.66. The van der Waals surface area contributed by atoms with Crippen LogP contribution in [0.15, 0.2) is 23.8 Å². The SMILES string of the molecule is CC(C)c1c(NN)ncnc1NCCc1cccs1. The van der Waals surface area contributed by atoms with E-state index < -0.39 is 0 Å². The van der Waals surface area contributed by atoms with Crippen LogP contribution in [-0.4, -0.2) is 16.5 Å². The molecule has 0 aliphatic heterocycles. The molecule has 0 bridgehead atoms. The van der Waals surface area contributed by atoms with E-state index in [2.05, 4.69) is 52.1 Å². The number of anilines is 2. The van der Waals surface area contributed by atoms with Gasteiger partial charge in [0, 0.05) is 17.0 Å². The topological polar surface area (TPSA) is 75.9 Å². The molecule has 0 saturated carbocycles. The number of hydrogen-bond acceptors (Lipinski definition) is 6. The number of thiophene rings is 1. The number of nitrogen functional groups attached to an aromatic ring is 1. The second-order valence-electron chi connectivity index (χ2n) is 4.54. The molecule has 2 heterocycles. The third-order valence-corrected chi connectivity index (χ3v) is 3.78. The van der Waals surface area contributed by atoms with Crippen LogP contribution in [0.1, 0.15) is 30.2 Å². The van der Waals surface area contributed by atoms with Gasteiger partial charge < -0.3 is 10.7 Å². The van der Waals surface area contributed by atoms with Crippen LogP contribution >= 0.6 is 11.3 Å². The first-order chi connectivity index (χ1) is 9.22. The van der Waals surface area contributed by atoms with Crippen LogP contribution in [0.5, 0.6) is 0 Å². The van der Waals surface area contributed by atoms with E-state index in [1.165, 1.54) is 11.2 Å². The second-order valence-corrected chi connectivity index (χ2v) is 5.57. The van der Waals surface area contributed by atoms with E-state index in [4.69, 9.17) is 5.84 Å². The van der Waals surface area contributed by atoms with E-state index >= 15 is 0 Å². The van der Waals surface area contributed by atoms with Crippen molar-refractivity contribution in [3.8, 4) is 0 Å². The molecular weight excluding hydrogens is 258 g/mol. The van der Waals surface area contributed by atoms with Crippen LogP contribution in [0.25, 0.3) is 0 Å². The van der Waals surface area contributed by atoms with Crippen molar-refractivity contribution in [2.75, 3.05) is 17.3 Å². The first-order valence-electron chi connectivity index (χ1n) is 6.30. The largest absolute Gasteiger partial charge is 0.369 e. The zero-order valence-corrected chi connectivity index (χ0v) is 12.0. The average molecular weight is 277 g/mol. The van der Waals surface area contributed by atoms with Crippen LogP contribution in [0.3, 0.4) is 0 Å². The summed E-state index contributed by atoms with van der Waals surface area (Å²) >= 11 is 1.77. The van der Waals surface area contributed by atoms with Crippen LogP contribution < -0.4 is 16.6 Å². The lowest BCUT2D eigenvalue weighted by atomic mass is 10.0. The summed E-state index contributed by atoms with van der Waals surface area (Å²) in [5.74, 6) is 7.34. The Morgan fingerprint density at radius 2 is 2.11 bits per heavy atom. The third kappa shape index (κ3) is 3.42. The molecule has 0 spiro atoms. The molecule has 0 radical (unpaired) electrons. The van der Waals surface area contributed by atoms with Crippen LogP contribution in [0, 0.1) is 0 Å². The lowest BCUT2D eigenvalue weighted by Gasteiger charge is -2.16. The van der Waals surface area contributed by atoms with E-state index in [1.54, 1.807) is 11.3 Å². The van der Waals surface area contributed by atoms with Gasteiger partial charge >= 0.3 is 0 Å². The summed E-state index contributed by atoms with van der Waals surface area (Å²) in [6.07, 6.45) is 2.51. The first kappa shape index (κ1) is 13.8. The Morgan fingerprint density at radius 3 is 2.74 bits per heavy atom. The van der Waals surface area contributed by atoms with Crippen molar-refractivity contribution in [2.45, 2.75) is 26.2 Å². The maximum atomic E-state index is 5.50. The molecule has 0 fully saturated rings. The number of aromatic nitrogens is 2. The zero-order valence-electron chi connectivity index (χ0n) is 11.2. The summed E-state index contributed by atoms with van der Waals surface area (Å²) in [6.45, 7) is 5.05. The van der Waals surface area contributed by atoms with Crippen molar-refractivity contribution in [1.29, 1.82) is 0 Å². The van der Waals surface area contributed by atoms with Gasteiger partial charge in [-0.2, -0.15) is 0 Å². The predicted octanol–water partition coefficient (Wildman–Crippen LogP) is 2.60. The molecule has 19 heavy (non-hydrogen) atoms. The Labute approximate surface area is 117 Å². The Bertz CT molecular complexity index is 510. The Kier molecular flexibility index (Phi) is 4.70. The fourth-order valence-electron chi connectivity index (χ4n) is 1.96. The van der Waals surface area contributed by atoms with Gasteiger partial charge in [-0.25, -0.2) is 15.8 Å². The van der Waals surface area contributed by atoms with E-state index in [0.717, 1.165) is 24.3 Å². The number of nitrogens with zero attached hydrogens (tertiary/aromatic N) is 2. The lowest BCUT2D eigenvalue weighted by Crippen LogP contribution is -2.16. The molecular formula is C13H19N5S. The zero-order chi connectivity index (χ0) is 13.7. The van der Waals surface area contributed by atoms with Crippen molar-refractivity contribution in [3.63, 3.8) is 0 Å². The minimum Gasteiger partial charge on any atom is -0.369 e. The summed E-state index contributed by atoms with van der Waals surface area (Å²) < 4.78 is 0. The normalized spacial score (nSPS) is 10.7. The molecule has 6 heteroatoms. The average Bonchev–Trinajstić information content (AvgIpc) is 2.91. The van der Waals surface area contributed by atoms with Gasteiger partial charge in [-0.15, -0.1) is 11.3 Å². The van der Waals surface area contributed by atoms with E-state index in [9.17, 15) is 0 Å². The van der Waals surface area contributed by atoms with Crippen molar-refractivity contribution < 1.29 is 0 Å². The molecule has 4 N–H and O–H groups in total. The minimum atomic E-state index is 0.302. The van der Waals surface area contributed by atoms with Crippen molar-refractivity contribution in [3.05, 3.63) is 34.3 Å². The number of hydrazine groups is 1. The van der Waals surface area contributed by atoms with E-state index in [-0.39, 0.29) is 0 Å². The highest BCUT2D eigenvalue weighted by atomic mass is 32.1. The molecule has 2 aromatic heterocycles. The number of nitrogens with two attached hydrogens (primary N) is 1. The fraction of sp³-hybridized carbons (Fsp3) is 0.385. The molecule has 0 saturated heterocycles. The Morgan fingerprint density at radius 1 is 1.32 bits per heavy atom. The quantitative estimate of drug-likeness (QED) is 0.559. The first-order valence-corrected chi connectivity index (χ1v) is 7.18. The summed E-state index contributed by atoms with van der Waals surface area (Å²) in [4.78, 5) is 9.83. The van der Waals surface area contributed by atoms with Crippen LogP contribution in [0.4, 0.5) is 11.6 Å². The maximum Gasteiger partial charge on any atom is 0.148 e. The molecule has 0 aliphatic rings. The summed E-state index contributed by atoms with van der Waals surface area (Å²) in [5.41, 5.74) is 3.66. The summed E-state index contributed by atoms with van der Waals surface area (Å²) in [6, 6.07) is 4.21. The van der Waals surface area contributed by atoms with Gasteiger partial charge in [0.25, 0.3) is 0 Å². The molecule has 2 aromatic rings. The number of hydrogen-bond donors (Lipinski definition) is 3. The fourth-order valence-corrected chi connectivity index (χ4v) is 2.67. The number of rotatable bonds is 6.